The largest absolute Gasteiger partial charge is 0.456 e. The average Bonchev–Trinajstić information content (AvgIpc) is 3.38. The van der Waals surface area contributed by atoms with Crippen LogP contribution in [-0.2, 0) is 5.54 Å². The molecule has 1 aromatic heterocycles. The predicted octanol–water partition coefficient (Wildman–Crippen LogP) is 6.89. The fourth-order valence-electron chi connectivity index (χ4n) is 6.71. The fraction of sp³-hybridized carbons (Fsp3) is 0.161. The van der Waals surface area contributed by atoms with Gasteiger partial charge >= 0.3 is 0 Å². The molecule has 5 heterocycles. The summed E-state index contributed by atoms with van der Waals surface area (Å²) in [6, 6.07) is 22.2. The van der Waals surface area contributed by atoms with E-state index in [1.807, 2.05) is 0 Å². The molecule has 164 valence electrons. The Balaban J connectivity index is 1.51. The Hall–Kier alpha value is -3.98. The maximum absolute atomic E-state index is 6.62. The number of rotatable bonds is 0. The van der Waals surface area contributed by atoms with E-state index >= 15 is 0 Å². The summed E-state index contributed by atoms with van der Waals surface area (Å²) in [6.45, 7) is 4.07. The number of nitrogens with zero attached hydrogens (tertiary/aromatic N) is 2. The lowest BCUT2D eigenvalue weighted by Crippen LogP contribution is -2.54. The Bertz CT molecular complexity index is 1650. The van der Waals surface area contributed by atoms with Gasteiger partial charge in [0.15, 0.2) is 0 Å². The highest BCUT2D eigenvalue weighted by atomic mass is 16.3. The Kier molecular flexibility index (Phi) is 3.43. The van der Waals surface area contributed by atoms with E-state index < -0.39 is 0 Å². The number of furan rings is 1. The minimum absolute atomic E-state index is 0.163. The number of benzene rings is 3. The van der Waals surface area contributed by atoms with Crippen molar-refractivity contribution in [2.45, 2.75) is 18.5 Å². The van der Waals surface area contributed by atoms with Gasteiger partial charge in [-0.2, -0.15) is 0 Å². The molecule has 1 unspecified atom stereocenters. The lowest BCUT2D eigenvalue weighted by molar-refractivity contribution is 0.134. The number of allylic oxidation sites excluding steroid dienone is 4. The van der Waals surface area contributed by atoms with E-state index in [-0.39, 0.29) is 11.6 Å². The van der Waals surface area contributed by atoms with Crippen LogP contribution in [0.2, 0.25) is 0 Å². The highest BCUT2D eigenvalue weighted by molar-refractivity contribution is 6.06. The average molecular weight is 441 g/mol. The van der Waals surface area contributed by atoms with E-state index in [0.29, 0.717) is 0 Å². The van der Waals surface area contributed by atoms with Crippen LogP contribution in [0.4, 0.5) is 0 Å². The molecule has 0 amide bonds. The van der Waals surface area contributed by atoms with Gasteiger partial charge in [-0.1, -0.05) is 78.4 Å². The zero-order valence-corrected chi connectivity index (χ0v) is 19.0. The molecule has 4 aliphatic heterocycles. The van der Waals surface area contributed by atoms with Crippen LogP contribution in [0.5, 0.6) is 0 Å². The van der Waals surface area contributed by atoms with Gasteiger partial charge in [0.2, 0.25) is 0 Å². The molecule has 3 nitrogen and oxygen atoms in total. The first-order valence-corrected chi connectivity index (χ1v) is 12.1. The van der Waals surface area contributed by atoms with Crippen LogP contribution in [0.15, 0.2) is 107 Å². The fourth-order valence-corrected chi connectivity index (χ4v) is 6.71. The van der Waals surface area contributed by atoms with Crippen molar-refractivity contribution in [1.29, 1.82) is 0 Å². The second kappa shape index (κ2) is 6.32. The van der Waals surface area contributed by atoms with E-state index in [1.165, 1.54) is 44.3 Å². The molecule has 8 rings (SSSR count). The minimum Gasteiger partial charge on any atom is -0.456 e. The molecule has 4 aromatic rings. The van der Waals surface area contributed by atoms with E-state index in [4.69, 9.17) is 4.42 Å². The topological polar surface area (TPSA) is 19.6 Å². The maximum atomic E-state index is 6.62. The summed E-state index contributed by atoms with van der Waals surface area (Å²) >= 11 is 0. The maximum Gasteiger partial charge on any atom is 0.141 e. The van der Waals surface area contributed by atoms with Gasteiger partial charge in [-0.25, -0.2) is 0 Å². The van der Waals surface area contributed by atoms with Crippen molar-refractivity contribution in [3.63, 3.8) is 0 Å². The van der Waals surface area contributed by atoms with Crippen LogP contribution in [0.25, 0.3) is 27.6 Å². The van der Waals surface area contributed by atoms with Gasteiger partial charge in [0, 0.05) is 40.3 Å². The molecule has 0 saturated heterocycles. The highest BCUT2D eigenvalue weighted by Gasteiger charge is 2.54. The predicted molar refractivity (Wildman–Crippen MR) is 137 cm³/mol. The molecule has 4 aliphatic rings. The number of fused-ring (bicyclic) bond motifs is 13. The molecule has 0 bridgehead atoms. The van der Waals surface area contributed by atoms with Crippen molar-refractivity contribution < 1.29 is 4.42 Å². The van der Waals surface area contributed by atoms with Crippen molar-refractivity contribution in [2.75, 3.05) is 13.1 Å². The molecule has 3 aromatic carbocycles. The quantitative estimate of drug-likeness (QED) is 0.297. The second-order valence-corrected chi connectivity index (χ2v) is 9.90. The summed E-state index contributed by atoms with van der Waals surface area (Å²) in [5, 5.41) is 2.39. The summed E-state index contributed by atoms with van der Waals surface area (Å²) in [5.74, 6) is 0. The Morgan fingerprint density at radius 1 is 0.882 bits per heavy atom. The van der Waals surface area contributed by atoms with Crippen molar-refractivity contribution in [3.05, 3.63) is 125 Å². The van der Waals surface area contributed by atoms with Crippen molar-refractivity contribution >= 4 is 27.6 Å². The third-order valence-electron chi connectivity index (χ3n) is 8.11. The number of hydrogen-bond acceptors (Lipinski definition) is 3. The first kappa shape index (κ1) is 18.4. The lowest BCUT2D eigenvalue weighted by atomic mass is 9.74. The van der Waals surface area contributed by atoms with Gasteiger partial charge in [-0.3, -0.25) is 0 Å². The van der Waals surface area contributed by atoms with Crippen molar-refractivity contribution in [2.24, 2.45) is 0 Å². The number of para-hydroxylation sites is 1. The molecule has 0 saturated carbocycles. The number of hydrogen-bond donors (Lipinski definition) is 0. The Labute approximate surface area is 198 Å². The first-order chi connectivity index (χ1) is 16.8. The molecule has 0 aliphatic carbocycles. The van der Waals surface area contributed by atoms with Crippen LogP contribution in [0.3, 0.4) is 0 Å². The summed E-state index contributed by atoms with van der Waals surface area (Å²) in [7, 11) is 0. The van der Waals surface area contributed by atoms with Gasteiger partial charge < -0.3 is 14.2 Å². The second-order valence-electron chi connectivity index (χ2n) is 9.90. The van der Waals surface area contributed by atoms with Crippen LogP contribution < -0.4 is 0 Å². The van der Waals surface area contributed by atoms with Crippen molar-refractivity contribution in [3.8, 4) is 0 Å². The summed E-state index contributed by atoms with van der Waals surface area (Å²) in [5.41, 5.74) is 9.81. The Morgan fingerprint density at radius 3 is 2.74 bits per heavy atom. The third kappa shape index (κ3) is 2.13. The molecule has 0 radical (unpaired) electrons. The zero-order valence-electron chi connectivity index (χ0n) is 19.0. The zero-order chi connectivity index (χ0) is 22.4. The molecule has 34 heavy (non-hydrogen) atoms. The molecular weight excluding hydrogens is 416 g/mol. The molecule has 0 fully saturated rings. The van der Waals surface area contributed by atoms with E-state index in [0.717, 1.165) is 24.3 Å². The van der Waals surface area contributed by atoms with Gasteiger partial charge in [0.25, 0.3) is 0 Å². The normalized spacial score (nSPS) is 24.2. The molecule has 0 N–H and O–H groups in total. The van der Waals surface area contributed by atoms with Gasteiger partial charge in [-0.15, -0.1) is 0 Å². The monoisotopic (exact) mass is 440 g/mol. The van der Waals surface area contributed by atoms with Gasteiger partial charge in [0.05, 0.1) is 12.6 Å². The van der Waals surface area contributed by atoms with E-state index in [1.54, 1.807) is 0 Å². The lowest BCUT2D eigenvalue weighted by Gasteiger charge is -2.51. The molecular formula is C31H24N2O. The minimum atomic E-state index is -0.271. The van der Waals surface area contributed by atoms with Crippen molar-refractivity contribution in [1.82, 2.24) is 9.80 Å². The third-order valence-corrected chi connectivity index (χ3v) is 8.11. The van der Waals surface area contributed by atoms with Gasteiger partial charge in [-0.05, 0) is 36.3 Å². The van der Waals surface area contributed by atoms with Crippen LogP contribution in [0, 0.1) is 0 Å². The summed E-state index contributed by atoms with van der Waals surface area (Å²) in [6.07, 6.45) is 13.5. The SMILES string of the molecule is CC1=CC=C2c3ccccc3[C@@]3(CN4C=CC=CC4c4c3ccc3c4oc4ccccc43)N2C1. The van der Waals surface area contributed by atoms with E-state index in [2.05, 4.69) is 114 Å². The molecule has 2 atom stereocenters. The Morgan fingerprint density at radius 2 is 1.76 bits per heavy atom. The smallest absolute Gasteiger partial charge is 0.141 e. The van der Waals surface area contributed by atoms with Crippen LogP contribution in [-0.4, -0.2) is 22.9 Å². The standard InChI is InChI=1S/C31H24N2O/c1-20-13-16-26-23-9-2-4-10-24(23)31(33(26)18-20)19-32-17-7-6-11-27(32)29-25(31)15-14-22-21-8-3-5-12-28(21)34-30(22)29/h2-17,27H,18-19H2,1H3/t27?,31-/m1/s1. The molecule has 3 heteroatoms. The summed E-state index contributed by atoms with van der Waals surface area (Å²) < 4.78 is 6.62. The van der Waals surface area contributed by atoms with E-state index in [9.17, 15) is 0 Å². The highest BCUT2D eigenvalue weighted by Crippen LogP contribution is 2.57. The van der Waals surface area contributed by atoms with Crippen LogP contribution >= 0.6 is 0 Å². The van der Waals surface area contributed by atoms with Gasteiger partial charge in [0.1, 0.15) is 16.7 Å². The van der Waals surface area contributed by atoms with Crippen LogP contribution in [0.1, 0.15) is 35.2 Å². The molecule has 1 spiro atoms. The first-order valence-electron chi connectivity index (χ1n) is 12.1. The summed E-state index contributed by atoms with van der Waals surface area (Å²) in [4.78, 5) is 5.14.